The summed E-state index contributed by atoms with van der Waals surface area (Å²) in [4.78, 5) is 0. The van der Waals surface area contributed by atoms with Crippen molar-refractivity contribution in [3.05, 3.63) is 35.1 Å². The smallest absolute Gasteiger partial charge is 0.270 e. The van der Waals surface area contributed by atoms with Gasteiger partial charge in [0.25, 0.3) is 5.92 Å². The number of aliphatic hydroxyl groups is 1. The number of aliphatic hydroxyl groups excluding tert-OH is 1. The SMILES string of the molecule is CC(F)(F)c1ccc(F)c(C(N)CCO)c1. The Morgan fingerprint density at radius 1 is 1.44 bits per heavy atom. The second-order valence-electron chi connectivity index (χ2n) is 3.74. The van der Waals surface area contributed by atoms with Crippen molar-refractivity contribution < 1.29 is 18.3 Å². The van der Waals surface area contributed by atoms with Crippen LogP contribution in [-0.2, 0) is 5.92 Å². The second-order valence-corrected chi connectivity index (χ2v) is 3.74. The van der Waals surface area contributed by atoms with Crippen LogP contribution in [0.4, 0.5) is 13.2 Å². The molecule has 1 aromatic rings. The molecule has 5 heteroatoms. The molecule has 1 atom stereocenters. The van der Waals surface area contributed by atoms with Gasteiger partial charge in [0, 0.05) is 30.7 Å². The first-order valence-corrected chi connectivity index (χ1v) is 4.90. The Labute approximate surface area is 91.9 Å². The first-order chi connectivity index (χ1) is 7.36. The highest BCUT2D eigenvalue weighted by Gasteiger charge is 2.26. The lowest BCUT2D eigenvalue weighted by Gasteiger charge is -2.16. The number of benzene rings is 1. The highest BCUT2D eigenvalue weighted by molar-refractivity contribution is 5.30. The first kappa shape index (κ1) is 13.0. The Hall–Kier alpha value is -1.07. The van der Waals surface area contributed by atoms with E-state index in [1.54, 1.807) is 0 Å². The normalized spacial score (nSPS) is 13.9. The monoisotopic (exact) mass is 233 g/mol. The summed E-state index contributed by atoms with van der Waals surface area (Å²) in [5.41, 5.74) is 5.30. The van der Waals surface area contributed by atoms with Gasteiger partial charge in [-0.3, -0.25) is 0 Å². The fourth-order valence-corrected chi connectivity index (χ4v) is 1.40. The van der Waals surface area contributed by atoms with Crippen molar-refractivity contribution in [3.8, 4) is 0 Å². The van der Waals surface area contributed by atoms with E-state index in [1.807, 2.05) is 0 Å². The molecule has 90 valence electrons. The summed E-state index contributed by atoms with van der Waals surface area (Å²) in [6, 6.07) is 2.28. The van der Waals surface area contributed by atoms with Gasteiger partial charge in [-0.05, 0) is 18.6 Å². The van der Waals surface area contributed by atoms with Crippen LogP contribution in [0.3, 0.4) is 0 Å². The lowest BCUT2D eigenvalue weighted by Crippen LogP contribution is -2.16. The summed E-state index contributed by atoms with van der Waals surface area (Å²) in [7, 11) is 0. The van der Waals surface area contributed by atoms with Gasteiger partial charge in [0.05, 0.1) is 0 Å². The molecule has 3 N–H and O–H groups in total. The molecule has 1 rings (SSSR count). The molecule has 0 radical (unpaired) electrons. The Morgan fingerprint density at radius 3 is 2.56 bits per heavy atom. The lowest BCUT2D eigenvalue weighted by atomic mass is 9.99. The number of nitrogens with two attached hydrogens (primary N) is 1. The molecule has 0 amide bonds. The van der Waals surface area contributed by atoms with E-state index in [0.717, 1.165) is 25.1 Å². The molecule has 0 saturated carbocycles. The number of alkyl halides is 2. The van der Waals surface area contributed by atoms with Gasteiger partial charge >= 0.3 is 0 Å². The molecule has 0 spiro atoms. The summed E-state index contributed by atoms with van der Waals surface area (Å²) >= 11 is 0. The van der Waals surface area contributed by atoms with Crippen LogP contribution < -0.4 is 5.73 Å². The van der Waals surface area contributed by atoms with E-state index in [1.165, 1.54) is 0 Å². The van der Waals surface area contributed by atoms with E-state index in [2.05, 4.69) is 0 Å². The number of rotatable bonds is 4. The number of hydrogen-bond donors (Lipinski definition) is 2. The highest BCUT2D eigenvalue weighted by Crippen LogP contribution is 2.30. The minimum Gasteiger partial charge on any atom is -0.396 e. The minimum atomic E-state index is -3.03. The third kappa shape index (κ3) is 2.96. The van der Waals surface area contributed by atoms with Gasteiger partial charge in [-0.1, -0.05) is 6.07 Å². The zero-order valence-corrected chi connectivity index (χ0v) is 8.88. The Bertz CT molecular complexity index is 363. The zero-order chi connectivity index (χ0) is 12.3. The maximum atomic E-state index is 13.3. The van der Waals surface area contributed by atoms with Crippen LogP contribution in [0.1, 0.15) is 30.5 Å². The maximum Gasteiger partial charge on any atom is 0.270 e. The average molecular weight is 233 g/mol. The Balaban J connectivity index is 3.09. The van der Waals surface area contributed by atoms with E-state index in [9.17, 15) is 13.2 Å². The molecule has 2 nitrogen and oxygen atoms in total. The van der Waals surface area contributed by atoms with Gasteiger partial charge in [-0.2, -0.15) is 0 Å². The zero-order valence-electron chi connectivity index (χ0n) is 8.88. The van der Waals surface area contributed by atoms with Crippen LogP contribution in [0.15, 0.2) is 18.2 Å². The molecule has 1 unspecified atom stereocenters. The van der Waals surface area contributed by atoms with E-state index < -0.39 is 17.8 Å². The molecular weight excluding hydrogens is 219 g/mol. The molecule has 0 aliphatic carbocycles. The van der Waals surface area contributed by atoms with Gasteiger partial charge in [0.2, 0.25) is 0 Å². The minimum absolute atomic E-state index is 0.00748. The summed E-state index contributed by atoms with van der Waals surface area (Å²) < 4.78 is 39.3. The summed E-state index contributed by atoms with van der Waals surface area (Å²) in [6.07, 6.45) is 0.135. The van der Waals surface area contributed by atoms with Crippen LogP contribution in [0.25, 0.3) is 0 Å². The van der Waals surface area contributed by atoms with E-state index in [4.69, 9.17) is 10.8 Å². The van der Waals surface area contributed by atoms with Crippen molar-refractivity contribution in [2.45, 2.75) is 25.3 Å². The van der Waals surface area contributed by atoms with E-state index in [0.29, 0.717) is 0 Å². The van der Waals surface area contributed by atoms with Crippen LogP contribution in [0, 0.1) is 5.82 Å². The molecule has 0 bridgehead atoms. The van der Waals surface area contributed by atoms with Crippen LogP contribution in [-0.4, -0.2) is 11.7 Å². The molecule has 0 heterocycles. The summed E-state index contributed by atoms with van der Waals surface area (Å²) in [5.74, 6) is -3.66. The van der Waals surface area contributed by atoms with Crippen molar-refractivity contribution in [1.82, 2.24) is 0 Å². The van der Waals surface area contributed by atoms with Crippen molar-refractivity contribution >= 4 is 0 Å². The van der Waals surface area contributed by atoms with Crippen molar-refractivity contribution in [1.29, 1.82) is 0 Å². The molecule has 0 aliphatic heterocycles. The molecule has 1 aromatic carbocycles. The quantitative estimate of drug-likeness (QED) is 0.838. The predicted molar refractivity (Wildman–Crippen MR) is 54.6 cm³/mol. The van der Waals surface area contributed by atoms with Gasteiger partial charge < -0.3 is 10.8 Å². The van der Waals surface area contributed by atoms with Crippen LogP contribution in [0.5, 0.6) is 0 Å². The average Bonchev–Trinajstić information content (AvgIpc) is 2.16. The third-order valence-corrected chi connectivity index (χ3v) is 2.34. The topological polar surface area (TPSA) is 46.2 Å². The molecule has 0 aromatic heterocycles. The predicted octanol–water partition coefficient (Wildman–Crippen LogP) is 2.32. The summed E-state index contributed by atoms with van der Waals surface area (Å²) in [6.45, 7) is 0.523. The number of halogens is 3. The van der Waals surface area contributed by atoms with Gasteiger partial charge in [0.1, 0.15) is 5.82 Å². The third-order valence-electron chi connectivity index (χ3n) is 2.34. The van der Waals surface area contributed by atoms with Crippen LogP contribution in [0.2, 0.25) is 0 Å². The van der Waals surface area contributed by atoms with Crippen molar-refractivity contribution in [2.75, 3.05) is 6.61 Å². The molecular formula is C11H14F3NO. The largest absolute Gasteiger partial charge is 0.396 e. The maximum absolute atomic E-state index is 13.3. The molecule has 0 saturated heterocycles. The first-order valence-electron chi connectivity index (χ1n) is 4.90. The number of hydrogen-bond acceptors (Lipinski definition) is 2. The molecule has 0 aliphatic rings. The van der Waals surface area contributed by atoms with Gasteiger partial charge in [0.15, 0.2) is 0 Å². The van der Waals surface area contributed by atoms with E-state index in [-0.39, 0.29) is 24.2 Å². The van der Waals surface area contributed by atoms with Crippen LogP contribution >= 0.6 is 0 Å². The highest BCUT2D eigenvalue weighted by atomic mass is 19.3. The standard InChI is InChI=1S/C11H14F3NO/c1-11(13,14)7-2-3-9(12)8(6-7)10(15)4-5-16/h2-3,6,10,16H,4-5,15H2,1H3. The van der Waals surface area contributed by atoms with Crippen molar-refractivity contribution in [2.24, 2.45) is 5.73 Å². The molecule has 0 fully saturated rings. The van der Waals surface area contributed by atoms with Gasteiger partial charge in [-0.15, -0.1) is 0 Å². The Kier molecular flexibility index (Phi) is 3.93. The summed E-state index contributed by atoms with van der Waals surface area (Å²) in [5, 5.41) is 8.67. The van der Waals surface area contributed by atoms with Crippen molar-refractivity contribution in [3.63, 3.8) is 0 Å². The fraction of sp³-hybridized carbons (Fsp3) is 0.455. The second kappa shape index (κ2) is 4.84. The molecule has 16 heavy (non-hydrogen) atoms. The fourth-order valence-electron chi connectivity index (χ4n) is 1.40. The van der Waals surface area contributed by atoms with E-state index >= 15 is 0 Å². The Morgan fingerprint density at radius 2 is 2.06 bits per heavy atom. The lowest BCUT2D eigenvalue weighted by molar-refractivity contribution is 0.0173. The van der Waals surface area contributed by atoms with Gasteiger partial charge in [-0.25, -0.2) is 13.2 Å².